The first kappa shape index (κ1) is 11.7. The van der Waals surface area contributed by atoms with Crippen LogP contribution in [0.4, 0.5) is 15.9 Å². The van der Waals surface area contributed by atoms with Crippen LogP contribution in [-0.4, -0.2) is 12.1 Å². The lowest BCUT2D eigenvalue weighted by atomic mass is 10.3. The highest BCUT2D eigenvalue weighted by Gasteiger charge is 2.05. The van der Waals surface area contributed by atoms with Crippen LogP contribution in [0.25, 0.3) is 0 Å². The van der Waals surface area contributed by atoms with E-state index in [4.69, 9.17) is 16.3 Å². The van der Waals surface area contributed by atoms with Crippen LogP contribution >= 0.6 is 11.6 Å². The fraction of sp³-hybridized carbons (Fsp3) is 0.0833. The third-order valence-corrected chi connectivity index (χ3v) is 2.46. The molecule has 0 amide bonds. The first-order chi connectivity index (χ1) is 8.20. The van der Waals surface area contributed by atoms with E-state index in [0.29, 0.717) is 17.3 Å². The van der Waals surface area contributed by atoms with E-state index < -0.39 is 5.82 Å². The average Bonchev–Trinajstić information content (AvgIpc) is 2.34. The van der Waals surface area contributed by atoms with Gasteiger partial charge in [-0.25, -0.2) is 9.37 Å². The summed E-state index contributed by atoms with van der Waals surface area (Å²) < 4.78 is 18.1. The Morgan fingerprint density at radius 1 is 1.35 bits per heavy atom. The van der Waals surface area contributed by atoms with Gasteiger partial charge in [-0.3, -0.25) is 0 Å². The Balaban J connectivity index is 2.28. The van der Waals surface area contributed by atoms with Crippen LogP contribution in [0.5, 0.6) is 5.75 Å². The van der Waals surface area contributed by atoms with Crippen molar-refractivity contribution in [2.45, 2.75) is 0 Å². The van der Waals surface area contributed by atoms with Gasteiger partial charge in [-0.15, -0.1) is 0 Å². The highest BCUT2D eigenvalue weighted by Crippen LogP contribution is 2.26. The highest BCUT2D eigenvalue weighted by atomic mass is 35.5. The molecule has 0 unspecified atom stereocenters. The SMILES string of the molecule is COc1cccnc1Nc1ccc(F)c(Cl)c1. The number of hydrogen-bond donors (Lipinski definition) is 1. The zero-order chi connectivity index (χ0) is 12.3. The summed E-state index contributed by atoms with van der Waals surface area (Å²) in [5.41, 5.74) is 0.647. The van der Waals surface area contributed by atoms with Crippen molar-refractivity contribution in [3.63, 3.8) is 0 Å². The van der Waals surface area contributed by atoms with E-state index >= 15 is 0 Å². The van der Waals surface area contributed by atoms with Crippen LogP contribution in [0.1, 0.15) is 0 Å². The van der Waals surface area contributed by atoms with Crippen molar-refractivity contribution in [1.29, 1.82) is 0 Å². The van der Waals surface area contributed by atoms with Gasteiger partial charge in [0, 0.05) is 11.9 Å². The number of halogens is 2. The molecule has 0 saturated heterocycles. The molecule has 0 aliphatic heterocycles. The van der Waals surface area contributed by atoms with Gasteiger partial charge in [0.25, 0.3) is 0 Å². The zero-order valence-electron chi connectivity index (χ0n) is 9.08. The molecule has 5 heteroatoms. The minimum Gasteiger partial charge on any atom is -0.493 e. The molecule has 1 N–H and O–H groups in total. The normalized spacial score (nSPS) is 10.1. The Morgan fingerprint density at radius 2 is 2.18 bits per heavy atom. The van der Waals surface area contributed by atoms with E-state index in [0.717, 1.165) is 0 Å². The quantitative estimate of drug-likeness (QED) is 0.906. The molecule has 0 radical (unpaired) electrons. The first-order valence-corrected chi connectivity index (χ1v) is 5.29. The van der Waals surface area contributed by atoms with Crippen molar-refractivity contribution in [1.82, 2.24) is 4.98 Å². The first-order valence-electron chi connectivity index (χ1n) is 4.92. The molecule has 0 aliphatic carbocycles. The van der Waals surface area contributed by atoms with Crippen LogP contribution < -0.4 is 10.1 Å². The molecule has 0 bridgehead atoms. The fourth-order valence-electron chi connectivity index (χ4n) is 1.36. The van der Waals surface area contributed by atoms with E-state index in [1.807, 2.05) is 0 Å². The summed E-state index contributed by atoms with van der Waals surface area (Å²) in [5, 5.41) is 3.06. The second-order valence-electron chi connectivity index (χ2n) is 3.31. The number of anilines is 2. The molecule has 0 aliphatic rings. The van der Waals surface area contributed by atoms with Crippen molar-refractivity contribution in [3.8, 4) is 5.75 Å². The van der Waals surface area contributed by atoms with Crippen LogP contribution in [0.15, 0.2) is 36.5 Å². The third-order valence-electron chi connectivity index (χ3n) is 2.17. The topological polar surface area (TPSA) is 34.1 Å². The molecule has 2 rings (SSSR count). The lowest BCUT2D eigenvalue weighted by molar-refractivity contribution is 0.415. The number of benzene rings is 1. The molecule has 0 atom stereocenters. The number of nitrogens with zero attached hydrogens (tertiary/aromatic N) is 1. The summed E-state index contributed by atoms with van der Waals surface area (Å²) in [6.45, 7) is 0. The van der Waals surface area contributed by atoms with E-state index in [2.05, 4.69) is 10.3 Å². The fourth-order valence-corrected chi connectivity index (χ4v) is 1.54. The van der Waals surface area contributed by atoms with E-state index in [1.165, 1.54) is 12.1 Å². The molecule has 3 nitrogen and oxygen atoms in total. The number of pyridine rings is 1. The molecule has 1 aromatic heterocycles. The summed E-state index contributed by atoms with van der Waals surface area (Å²) in [4.78, 5) is 4.12. The standard InChI is InChI=1S/C12H10ClFN2O/c1-17-11-3-2-6-15-12(11)16-8-4-5-10(14)9(13)7-8/h2-7H,1H3,(H,15,16). The van der Waals surface area contributed by atoms with Crippen LogP contribution in [0.2, 0.25) is 5.02 Å². The minimum absolute atomic E-state index is 0.0601. The van der Waals surface area contributed by atoms with Gasteiger partial charge in [0.15, 0.2) is 11.6 Å². The van der Waals surface area contributed by atoms with Crippen molar-refractivity contribution >= 4 is 23.1 Å². The zero-order valence-corrected chi connectivity index (χ0v) is 9.83. The summed E-state index contributed by atoms with van der Waals surface area (Å²) in [6.07, 6.45) is 1.63. The van der Waals surface area contributed by atoms with Crippen molar-refractivity contribution in [2.24, 2.45) is 0 Å². The highest BCUT2D eigenvalue weighted by molar-refractivity contribution is 6.31. The Labute approximate surface area is 103 Å². The second kappa shape index (κ2) is 5.01. The van der Waals surface area contributed by atoms with Gasteiger partial charge >= 0.3 is 0 Å². The number of hydrogen-bond acceptors (Lipinski definition) is 3. The van der Waals surface area contributed by atoms with Crippen LogP contribution in [0.3, 0.4) is 0 Å². The second-order valence-corrected chi connectivity index (χ2v) is 3.72. The van der Waals surface area contributed by atoms with Gasteiger partial charge in [0.05, 0.1) is 12.1 Å². The smallest absolute Gasteiger partial charge is 0.173 e. The average molecular weight is 253 g/mol. The maximum atomic E-state index is 13.0. The molecule has 1 aromatic carbocycles. The maximum absolute atomic E-state index is 13.0. The predicted octanol–water partition coefficient (Wildman–Crippen LogP) is 3.63. The lowest BCUT2D eigenvalue weighted by Crippen LogP contribution is -1.97. The Kier molecular flexibility index (Phi) is 3.44. The molecular formula is C12H10ClFN2O. The van der Waals surface area contributed by atoms with Gasteiger partial charge in [0.1, 0.15) is 5.82 Å². The predicted molar refractivity (Wildman–Crippen MR) is 65.5 cm³/mol. The van der Waals surface area contributed by atoms with Crippen molar-refractivity contribution in [3.05, 3.63) is 47.4 Å². The summed E-state index contributed by atoms with van der Waals surface area (Å²) in [5.74, 6) is 0.704. The van der Waals surface area contributed by atoms with E-state index in [-0.39, 0.29) is 5.02 Å². The number of ether oxygens (including phenoxy) is 1. The van der Waals surface area contributed by atoms with Gasteiger partial charge < -0.3 is 10.1 Å². The van der Waals surface area contributed by atoms with Crippen LogP contribution in [0, 0.1) is 5.82 Å². The molecule has 17 heavy (non-hydrogen) atoms. The largest absolute Gasteiger partial charge is 0.493 e. The number of aromatic nitrogens is 1. The monoisotopic (exact) mass is 252 g/mol. The molecule has 2 aromatic rings. The molecule has 0 spiro atoms. The maximum Gasteiger partial charge on any atom is 0.173 e. The molecular weight excluding hydrogens is 243 g/mol. The van der Waals surface area contributed by atoms with Crippen LogP contribution in [-0.2, 0) is 0 Å². The minimum atomic E-state index is -0.454. The van der Waals surface area contributed by atoms with Gasteiger partial charge in [0.2, 0.25) is 0 Å². The van der Waals surface area contributed by atoms with E-state index in [9.17, 15) is 4.39 Å². The number of nitrogens with one attached hydrogen (secondary N) is 1. The molecule has 0 fully saturated rings. The Hall–Kier alpha value is -1.81. The van der Waals surface area contributed by atoms with E-state index in [1.54, 1.807) is 31.5 Å². The molecule has 0 saturated carbocycles. The van der Waals surface area contributed by atoms with Crippen molar-refractivity contribution < 1.29 is 9.13 Å². The third kappa shape index (κ3) is 2.65. The van der Waals surface area contributed by atoms with Gasteiger partial charge in [-0.05, 0) is 30.3 Å². The Morgan fingerprint density at radius 3 is 2.88 bits per heavy atom. The number of methoxy groups -OCH3 is 1. The lowest BCUT2D eigenvalue weighted by Gasteiger charge is -2.09. The molecule has 88 valence electrons. The van der Waals surface area contributed by atoms with Gasteiger partial charge in [-0.1, -0.05) is 11.6 Å². The summed E-state index contributed by atoms with van der Waals surface area (Å²) >= 11 is 5.69. The molecule has 1 heterocycles. The summed E-state index contributed by atoms with van der Waals surface area (Å²) in [6, 6.07) is 7.91. The summed E-state index contributed by atoms with van der Waals surface area (Å²) in [7, 11) is 1.56. The van der Waals surface area contributed by atoms with Crippen molar-refractivity contribution in [2.75, 3.05) is 12.4 Å². The Bertz CT molecular complexity index is 534. The number of rotatable bonds is 3. The van der Waals surface area contributed by atoms with Gasteiger partial charge in [-0.2, -0.15) is 0 Å².